The van der Waals surface area contributed by atoms with Crippen LogP contribution in [0.3, 0.4) is 0 Å². The lowest BCUT2D eigenvalue weighted by Crippen LogP contribution is -2.38. The molecule has 0 saturated heterocycles. The zero-order valence-electron chi connectivity index (χ0n) is 15.1. The maximum Gasteiger partial charge on any atom is 0.191 e. The van der Waals surface area contributed by atoms with Crippen LogP contribution in [0.2, 0.25) is 0 Å². The first kappa shape index (κ1) is 20.3. The van der Waals surface area contributed by atoms with Crippen LogP contribution in [-0.4, -0.2) is 53.1 Å². The molecule has 0 radical (unpaired) electrons. The molecule has 6 nitrogen and oxygen atoms in total. The van der Waals surface area contributed by atoms with Gasteiger partial charge in [0, 0.05) is 25.9 Å². The Morgan fingerprint density at radius 1 is 1.29 bits per heavy atom. The second-order valence-corrected chi connectivity index (χ2v) is 7.98. The summed E-state index contributed by atoms with van der Waals surface area (Å²) in [5.74, 6) is 1.78. The predicted octanol–water partition coefficient (Wildman–Crippen LogP) is 1.54. The molecular formula is C17H29N3O3S. The number of nitrogens with zero attached hydrogens (tertiary/aromatic N) is 1. The van der Waals surface area contributed by atoms with Crippen LogP contribution in [0.1, 0.15) is 24.5 Å². The Labute approximate surface area is 145 Å². The number of guanidine groups is 1. The molecule has 0 atom stereocenters. The van der Waals surface area contributed by atoms with Crippen molar-refractivity contribution in [2.45, 2.75) is 26.7 Å². The zero-order chi connectivity index (χ0) is 18.0. The van der Waals surface area contributed by atoms with E-state index < -0.39 is 9.84 Å². The number of hydrogen-bond acceptors (Lipinski definition) is 4. The van der Waals surface area contributed by atoms with Crippen molar-refractivity contribution >= 4 is 15.8 Å². The molecule has 136 valence electrons. The molecule has 2 N–H and O–H groups in total. The van der Waals surface area contributed by atoms with Gasteiger partial charge in [0.05, 0.1) is 12.9 Å². The first-order valence-corrected chi connectivity index (χ1v) is 10.2. The fraction of sp³-hybridized carbons (Fsp3) is 0.588. The maximum atomic E-state index is 11.1. The fourth-order valence-electron chi connectivity index (χ4n) is 2.20. The van der Waals surface area contributed by atoms with Crippen molar-refractivity contribution in [3.05, 3.63) is 29.3 Å². The Morgan fingerprint density at radius 2 is 2.04 bits per heavy atom. The van der Waals surface area contributed by atoms with Crippen LogP contribution in [0.25, 0.3) is 0 Å². The number of rotatable bonds is 9. The molecular weight excluding hydrogens is 326 g/mol. The smallest absolute Gasteiger partial charge is 0.191 e. The van der Waals surface area contributed by atoms with Crippen LogP contribution in [0.15, 0.2) is 23.2 Å². The first-order valence-electron chi connectivity index (χ1n) is 8.19. The van der Waals surface area contributed by atoms with Gasteiger partial charge < -0.3 is 15.4 Å². The summed E-state index contributed by atoms with van der Waals surface area (Å²) in [5.41, 5.74) is 2.31. The van der Waals surface area contributed by atoms with Crippen molar-refractivity contribution in [1.29, 1.82) is 0 Å². The highest BCUT2D eigenvalue weighted by atomic mass is 32.2. The Balaban J connectivity index is 2.48. The van der Waals surface area contributed by atoms with Crippen LogP contribution in [0, 0.1) is 6.92 Å². The van der Waals surface area contributed by atoms with Gasteiger partial charge in [0.1, 0.15) is 15.6 Å². The van der Waals surface area contributed by atoms with Gasteiger partial charge in [0.2, 0.25) is 0 Å². The van der Waals surface area contributed by atoms with E-state index in [-0.39, 0.29) is 5.75 Å². The summed E-state index contributed by atoms with van der Waals surface area (Å²) in [4.78, 5) is 4.40. The number of aliphatic imine (C=N–C) groups is 1. The monoisotopic (exact) mass is 355 g/mol. The molecule has 0 fully saturated rings. The SMILES string of the molecule is CCNC(=NCCCS(C)(=O)=O)NCCc1ccc(C)c(OC)c1. The number of hydrogen-bond donors (Lipinski definition) is 2. The molecule has 0 aliphatic heterocycles. The highest BCUT2D eigenvalue weighted by Crippen LogP contribution is 2.18. The fourth-order valence-corrected chi connectivity index (χ4v) is 2.86. The van der Waals surface area contributed by atoms with Gasteiger partial charge >= 0.3 is 0 Å². The average Bonchev–Trinajstić information content (AvgIpc) is 2.52. The Kier molecular flexibility index (Phi) is 8.60. The molecule has 0 aliphatic carbocycles. The van der Waals surface area contributed by atoms with E-state index in [0.29, 0.717) is 18.9 Å². The van der Waals surface area contributed by atoms with Crippen LogP contribution in [0.5, 0.6) is 5.75 Å². The van der Waals surface area contributed by atoms with Gasteiger partial charge in [-0.25, -0.2) is 8.42 Å². The number of aryl methyl sites for hydroxylation is 1. The first-order chi connectivity index (χ1) is 11.4. The van der Waals surface area contributed by atoms with Gasteiger partial charge in [-0.15, -0.1) is 0 Å². The Hall–Kier alpha value is -1.76. The minimum Gasteiger partial charge on any atom is -0.496 e. The van der Waals surface area contributed by atoms with Gasteiger partial charge in [-0.3, -0.25) is 4.99 Å². The lowest BCUT2D eigenvalue weighted by Gasteiger charge is -2.12. The standard InChI is InChI=1S/C17H29N3O3S/c1-5-18-17(19-10-6-12-24(4,21)22)20-11-9-15-8-7-14(2)16(13-15)23-3/h7-8,13H,5-6,9-12H2,1-4H3,(H2,18,19,20). The molecule has 0 amide bonds. The topological polar surface area (TPSA) is 79.8 Å². The second-order valence-electron chi connectivity index (χ2n) is 5.72. The third-order valence-corrected chi connectivity index (χ3v) is 4.50. The molecule has 1 rings (SSSR count). The van der Waals surface area contributed by atoms with E-state index in [2.05, 4.69) is 27.8 Å². The average molecular weight is 356 g/mol. The molecule has 1 aromatic carbocycles. The highest BCUT2D eigenvalue weighted by molar-refractivity contribution is 7.90. The molecule has 0 heterocycles. The summed E-state index contributed by atoms with van der Waals surface area (Å²) >= 11 is 0. The van der Waals surface area contributed by atoms with Crippen molar-refractivity contribution in [2.24, 2.45) is 4.99 Å². The van der Waals surface area contributed by atoms with E-state index in [1.54, 1.807) is 7.11 Å². The quantitative estimate of drug-likeness (QED) is 0.399. The van der Waals surface area contributed by atoms with E-state index >= 15 is 0 Å². The molecule has 0 saturated carbocycles. The number of nitrogens with one attached hydrogen (secondary N) is 2. The van der Waals surface area contributed by atoms with Crippen LogP contribution < -0.4 is 15.4 Å². The largest absolute Gasteiger partial charge is 0.496 e. The number of ether oxygens (including phenoxy) is 1. The molecule has 24 heavy (non-hydrogen) atoms. The lowest BCUT2D eigenvalue weighted by molar-refractivity contribution is 0.411. The van der Waals surface area contributed by atoms with Gasteiger partial charge in [0.15, 0.2) is 5.96 Å². The molecule has 0 aromatic heterocycles. The van der Waals surface area contributed by atoms with E-state index in [1.807, 2.05) is 19.9 Å². The van der Waals surface area contributed by atoms with E-state index in [4.69, 9.17) is 4.74 Å². The minimum absolute atomic E-state index is 0.166. The zero-order valence-corrected chi connectivity index (χ0v) is 15.9. The summed E-state index contributed by atoms with van der Waals surface area (Å²) in [7, 11) is -1.24. The molecule has 0 unspecified atom stereocenters. The van der Waals surface area contributed by atoms with E-state index in [0.717, 1.165) is 30.8 Å². The summed E-state index contributed by atoms with van der Waals surface area (Å²) in [5, 5.41) is 6.43. The van der Waals surface area contributed by atoms with Crippen LogP contribution >= 0.6 is 0 Å². The van der Waals surface area contributed by atoms with Crippen molar-refractivity contribution < 1.29 is 13.2 Å². The van der Waals surface area contributed by atoms with Crippen molar-refractivity contribution in [3.8, 4) is 5.75 Å². The molecule has 1 aromatic rings. The Bertz CT molecular complexity index is 642. The molecule has 0 spiro atoms. The number of sulfone groups is 1. The van der Waals surface area contributed by atoms with Gasteiger partial charge in [-0.1, -0.05) is 12.1 Å². The second kappa shape index (κ2) is 10.2. The van der Waals surface area contributed by atoms with E-state index in [1.165, 1.54) is 11.8 Å². The van der Waals surface area contributed by atoms with Crippen LogP contribution in [-0.2, 0) is 16.3 Å². The Morgan fingerprint density at radius 3 is 2.67 bits per heavy atom. The third kappa shape index (κ3) is 8.19. The number of benzene rings is 1. The minimum atomic E-state index is -2.92. The van der Waals surface area contributed by atoms with Gasteiger partial charge in [-0.05, 0) is 43.9 Å². The summed E-state index contributed by atoms with van der Waals surface area (Å²) in [6.07, 6.45) is 2.63. The predicted molar refractivity (Wildman–Crippen MR) is 99.7 cm³/mol. The summed E-state index contributed by atoms with van der Waals surface area (Å²) in [6, 6.07) is 6.20. The lowest BCUT2D eigenvalue weighted by atomic mass is 10.1. The van der Waals surface area contributed by atoms with Gasteiger partial charge in [0.25, 0.3) is 0 Å². The van der Waals surface area contributed by atoms with Crippen molar-refractivity contribution in [2.75, 3.05) is 38.8 Å². The normalized spacial score (nSPS) is 12.1. The summed E-state index contributed by atoms with van der Waals surface area (Å²) in [6.45, 7) is 6.01. The molecule has 0 aliphatic rings. The van der Waals surface area contributed by atoms with Gasteiger partial charge in [-0.2, -0.15) is 0 Å². The van der Waals surface area contributed by atoms with Crippen LogP contribution in [0.4, 0.5) is 0 Å². The van der Waals surface area contributed by atoms with E-state index in [9.17, 15) is 8.42 Å². The number of methoxy groups -OCH3 is 1. The maximum absolute atomic E-state index is 11.1. The highest BCUT2D eigenvalue weighted by Gasteiger charge is 2.03. The molecule has 7 heteroatoms. The van der Waals surface area contributed by atoms with Crippen molar-refractivity contribution in [1.82, 2.24) is 10.6 Å². The summed E-state index contributed by atoms with van der Waals surface area (Å²) < 4.78 is 27.6. The molecule has 0 bridgehead atoms. The van der Waals surface area contributed by atoms with Crippen molar-refractivity contribution in [3.63, 3.8) is 0 Å². The third-order valence-electron chi connectivity index (χ3n) is 3.47.